The summed E-state index contributed by atoms with van der Waals surface area (Å²) in [6.45, 7) is 0. The van der Waals surface area contributed by atoms with Crippen molar-refractivity contribution < 1.29 is 13.8 Å². The SMILES string of the molecule is O=C1O[P+]2(Nc3ccccc3O2)Nc2ccccc21. The highest BCUT2D eigenvalue weighted by Gasteiger charge is 2.58. The number of para-hydroxylation sites is 3. The molecule has 2 aliphatic rings. The van der Waals surface area contributed by atoms with Gasteiger partial charge in [0, 0.05) is 0 Å². The molecule has 19 heavy (non-hydrogen) atoms. The molecule has 0 saturated carbocycles. The van der Waals surface area contributed by atoms with Gasteiger partial charge in [-0.1, -0.05) is 24.3 Å². The van der Waals surface area contributed by atoms with E-state index >= 15 is 0 Å². The van der Waals surface area contributed by atoms with Gasteiger partial charge in [-0.15, -0.1) is 0 Å². The third-order valence-corrected chi connectivity index (χ3v) is 4.95. The first kappa shape index (κ1) is 10.6. The Labute approximate surface area is 110 Å². The number of hydrogen-bond donors (Lipinski definition) is 2. The van der Waals surface area contributed by atoms with E-state index < -0.39 is 8.02 Å². The first-order valence-corrected chi connectivity index (χ1v) is 7.45. The predicted octanol–water partition coefficient (Wildman–Crippen LogP) is 3.45. The Balaban J connectivity index is 1.75. The molecule has 2 aromatic carbocycles. The monoisotopic (exact) mass is 273 g/mol. The molecule has 0 aliphatic carbocycles. The van der Waals surface area contributed by atoms with Crippen LogP contribution in [-0.4, -0.2) is 5.97 Å². The summed E-state index contributed by atoms with van der Waals surface area (Å²) in [6.07, 6.45) is 0. The number of rotatable bonds is 0. The van der Waals surface area contributed by atoms with E-state index in [-0.39, 0.29) is 5.97 Å². The maximum absolute atomic E-state index is 12.0. The molecule has 6 heteroatoms. The van der Waals surface area contributed by atoms with Crippen LogP contribution in [0.15, 0.2) is 48.5 Å². The van der Waals surface area contributed by atoms with Crippen molar-refractivity contribution in [2.45, 2.75) is 0 Å². The lowest BCUT2D eigenvalue weighted by molar-refractivity contribution is 0.0731. The lowest BCUT2D eigenvalue weighted by Gasteiger charge is -2.23. The summed E-state index contributed by atoms with van der Waals surface area (Å²) in [7, 11) is -2.66. The standard InChI is InChI=1S/C13H9N2O3P/c16-13-9-5-1-2-6-10(9)14-19(18-13)15-11-7-3-4-8-12(11)17-19/h1-8,15H/p+1. The molecule has 1 spiro atoms. The van der Waals surface area contributed by atoms with Crippen LogP contribution in [-0.2, 0) is 4.52 Å². The van der Waals surface area contributed by atoms with Crippen LogP contribution in [0.3, 0.4) is 0 Å². The molecule has 2 heterocycles. The molecular weight excluding hydrogens is 263 g/mol. The second-order valence-corrected chi connectivity index (χ2v) is 6.20. The topological polar surface area (TPSA) is 59.6 Å². The largest absolute Gasteiger partial charge is 0.575 e. The van der Waals surface area contributed by atoms with Crippen LogP contribution in [0.5, 0.6) is 5.75 Å². The van der Waals surface area contributed by atoms with E-state index in [1.807, 2.05) is 36.4 Å². The van der Waals surface area contributed by atoms with Gasteiger partial charge in [-0.05, 0) is 24.3 Å². The van der Waals surface area contributed by atoms with Crippen molar-refractivity contribution >= 4 is 25.4 Å². The van der Waals surface area contributed by atoms with E-state index in [1.54, 1.807) is 12.1 Å². The normalized spacial score (nSPS) is 22.6. The number of anilines is 2. The van der Waals surface area contributed by atoms with Crippen LogP contribution < -0.4 is 14.7 Å². The van der Waals surface area contributed by atoms with E-state index in [4.69, 9.17) is 9.05 Å². The van der Waals surface area contributed by atoms with Gasteiger partial charge in [0.1, 0.15) is 5.69 Å². The van der Waals surface area contributed by atoms with Crippen molar-refractivity contribution in [3.63, 3.8) is 0 Å². The number of carbonyl (C=O) groups is 1. The van der Waals surface area contributed by atoms with Gasteiger partial charge in [-0.25, -0.2) is 9.32 Å². The minimum Gasteiger partial charge on any atom is -0.262 e. The first-order valence-electron chi connectivity index (χ1n) is 5.83. The van der Waals surface area contributed by atoms with Crippen LogP contribution >= 0.6 is 8.02 Å². The summed E-state index contributed by atoms with van der Waals surface area (Å²) in [6, 6.07) is 14.7. The van der Waals surface area contributed by atoms with Crippen molar-refractivity contribution in [3.8, 4) is 5.75 Å². The second kappa shape index (κ2) is 3.62. The Morgan fingerprint density at radius 1 is 0.842 bits per heavy atom. The number of benzene rings is 2. The molecule has 2 N–H and O–H groups in total. The van der Waals surface area contributed by atoms with Crippen LogP contribution in [0.2, 0.25) is 0 Å². The first-order chi connectivity index (χ1) is 9.26. The molecule has 0 radical (unpaired) electrons. The molecule has 0 amide bonds. The van der Waals surface area contributed by atoms with Gasteiger partial charge in [-0.3, -0.25) is 4.52 Å². The van der Waals surface area contributed by atoms with E-state index in [1.165, 1.54) is 0 Å². The van der Waals surface area contributed by atoms with Crippen molar-refractivity contribution in [2.24, 2.45) is 0 Å². The molecular formula is C13H10N2O3P+. The fourth-order valence-electron chi connectivity index (χ4n) is 2.16. The second-order valence-electron chi connectivity index (χ2n) is 4.29. The fourth-order valence-corrected chi connectivity index (χ4v) is 4.21. The predicted molar refractivity (Wildman–Crippen MR) is 73.1 cm³/mol. The summed E-state index contributed by atoms with van der Waals surface area (Å²) in [4.78, 5) is 12.0. The zero-order valence-electron chi connectivity index (χ0n) is 9.79. The molecule has 5 nitrogen and oxygen atoms in total. The summed E-state index contributed by atoms with van der Waals surface area (Å²) in [5.74, 6) is 0.318. The molecule has 2 aromatic rings. The van der Waals surface area contributed by atoms with Gasteiger partial charge in [0.05, 0.1) is 11.3 Å². The summed E-state index contributed by atoms with van der Waals surface area (Å²) < 4.78 is 11.3. The van der Waals surface area contributed by atoms with Gasteiger partial charge in [0.25, 0.3) is 0 Å². The zero-order chi connectivity index (χ0) is 12.9. The quantitative estimate of drug-likeness (QED) is 0.720. The lowest BCUT2D eigenvalue weighted by atomic mass is 10.2. The van der Waals surface area contributed by atoms with Gasteiger partial charge >= 0.3 is 14.0 Å². The van der Waals surface area contributed by atoms with Gasteiger partial charge in [0.2, 0.25) is 5.75 Å². The van der Waals surface area contributed by atoms with Crippen LogP contribution in [0.1, 0.15) is 10.4 Å². The average molecular weight is 273 g/mol. The fraction of sp³-hybridized carbons (Fsp3) is 0. The summed E-state index contributed by atoms with van der Waals surface area (Å²) in [5, 5.41) is 6.34. The molecule has 0 bridgehead atoms. The van der Waals surface area contributed by atoms with Gasteiger partial charge < -0.3 is 0 Å². The van der Waals surface area contributed by atoms with Crippen molar-refractivity contribution in [2.75, 3.05) is 10.2 Å². The molecule has 1 unspecified atom stereocenters. The maximum atomic E-state index is 12.0. The number of nitrogens with one attached hydrogen (secondary N) is 2. The molecule has 94 valence electrons. The smallest absolute Gasteiger partial charge is 0.262 e. The lowest BCUT2D eigenvalue weighted by Crippen LogP contribution is -2.26. The minimum atomic E-state index is -2.66. The Bertz CT molecular complexity index is 664. The van der Waals surface area contributed by atoms with Crippen LogP contribution in [0.4, 0.5) is 11.4 Å². The minimum absolute atomic E-state index is 0.372. The summed E-state index contributed by atoms with van der Waals surface area (Å²) >= 11 is 0. The van der Waals surface area contributed by atoms with Crippen LogP contribution in [0, 0.1) is 0 Å². The third-order valence-electron chi connectivity index (χ3n) is 3.01. The molecule has 0 fully saturated rings. The Hall–Kier alpha value is -2.26. The highest BCUT2D eigenvalue weighted by atomic mass is 31.2. The maximum Gasteiger partial charge on any atom is 0.575 e. The van der Waals surface area contributed by atoms with Crippen molar-refractivity contribution in [3.05, 3.63) is 54.1 Å². The Morgan fingerprint density at radius 3 is 2.37 bits per heavy atom. The molecule has 4 rings (SSSR count). The van der Waals surface area contributed by atoms with E-state index in [9.17, 15) is 4.79 Å². The van der Waals surface area contributed by atoms with Crippen molar-refractivity contribution in [1.29, 1.82) is 0 Å². The van der Waals surface area contributed by atoms with E-state index in [0.717, 1.165) is 11.4 Å². The highest BCUT2D eigenvalue weighted by molar-refractivity contribution is 7.70. The number of hydrogen-bond acceptors (Lipinski definition) is 5. The van der Waals surface area contributed by atoms with Crippen LogP contribution in [0.25, 0.3) is 0 Å². The number of fused-ring (bicyclic) bond motifs is 2. The van der Waals surface area contributed by atoms with E-state index in [0.29, 0.717) is 11.3 Å². The Morgan fingerprint density at radius 2 is 1.53 bits per heavy atom. The molecule has 1 atom stereocenters. The van der Waals surface area contributed by atoms with Crippen molar-refractivity contribution in [1.82, 2.24) is 0 Å². The Kier molecular flexibility index (Phi) is 2.03. The van der Waals surface area contributed by atoms with Gasteiger partial charge in [-0.2, -0.15) is 10.2 Å². The average Bonchev–Trinajstić information content (AvgIpc) is 2.75. The summed E-state index contributed by atoms with van der Waals surface area (Å²) in [5.41, 5.74) is 2.08. The highest BCUT2D eigenvalue weighted by Crippen LogP contribution is 2.67. The number of carbonyl (C=O) groups excluding carboxylic acids is 1. The third kappa shape index (κ3) is 1.55. The molecule has 0 aromatic heterocycles. The van der Waals surface area contributed by atoms with E-state index in [2.05, 4.69) is 10.2 Å². The molecule has 0 saturated heterocycles. The van der Waals surface area contributed by atoms with Gasteiger partial charge in [0.15, 0.2) is 0 Å². The molecule has 2 aliphatic heterocycles. The zero-order valence-corrected chi connectivity index (χ0v) is 10.7.